The summed E-state index contributed by atoms with van der Waals surface area (Å²) in [5.74, 6) is -0.381. The number of nitrogens with one attached hydrogen (secondary N) is 1. The molecule has 6 heteroatoms. The summed E-state index contributed by atoms with van der Waals surface area (Å²) in [6, 6.07) is 5.00. The SMILES string of the molecule is COC(=O)c1ccc(N)c(NCc2nc(C)cs2)c1. The molecule has 0 amide bonds. The number of esters is 1. The molecule has 1 aromatic carbocycles. The number of nitrogens with two attached hydrogens (primary N) is 1. The fourth-order valence-electron chi connectivity index (χ4n) is 1.61. The molecule has 0 bridgehead atoms. The number of carbonyl (C=O) groups is 1. The molecule has 0 unspecified atom stereocenters. The first-order chi connectivity index (χ1) is 9.10. The summed E-state index contributed by atoms with van der Waals surface area (Å²) in [4.78, 5) is 15.8. The quantitative estimate of drug-likeness (QED) is 0.663. The predicted octanol–water partition coefficient (Wildman–Crippen LogP) is 2.43. The van der Waals surface area contributed by atoms with Gasteiger partial charge in [0.05, 0.1) is 30.6 Å². The molecule has 2 aromatic rings. The molecule has 0 aliphatic carbocycles. The maximum Gasteiger partial charge on any atom is 0.337 e. The van der Waals surface area contributed by atoms with E-state index in [2.05, 4.69) is 15.0 Å². The van der Waals surface area contributed by atoms with E-state index in [9.17, 15) is 4.79 Å². The Bertz CT molecular complexity index is 595. The molecule has 1 heterocycles. The second kappa shape index (κ2) is 5.71. The highest BCUT2D eigenvalue weighted by Crippen LogP contribution is 2.22. The van der Waals surface area contributed by atoms with E-state index < -0.39 is 0 Å². The Kier molecular flexibility index (Phi) is 4.01. The summed E-state index contributed by atoms with van der Waals surface area (Å²) < 4.78 is 4.68. The number of hydrogen-bond acceptors (Lipinski definition) is 6. The van der Waals surface area contributed by atoms with Gasteiger partial charge in [-0.05, 0) is 25.1 Å². The van der Waals surface area contributed by atoms with Gasteiger partial charge in [0.15, 0.2) is 0 Å². The van der Waals surface area contributed by atoms with E-state index in [-0.39, 0.29) is 5.97 Å². The number of nitrogens with zero attached hydrogens (tertiary/aromatic N) is 1. The molecular weight excluding hydrogens is 262 g/mol. The van der Waals surface area contributed by atoms with Crippen LogP contribution in [-0.2, 0) is 11.3 Å². The van der Waals surface area contributed by atoms with E-state index in [0.29, 0.717) is 23.5 Å². The molecule has 0 saturated carbocycles. The van der Waals surface area contributed by atoms with Crippen LogP contribution in [0.5, 0.6) is 0 Å². The van der Waals surface area contributed by atoms with Crippen molar-refractivity contribution in [3.8, 4) is 0 Å². The fraction of sp³-hybridized carbons (Fsp3) is 0.231. The molecule has 0 aliphatic heterocycles. The molecule has 0 spiro atoms. The lowest BCUT2D eigenvalue weighted by Gasteiger charge is -2.09. The molecule has 0 radical (unpaired) electrons. The van der Waals surface area contributed by atoms with Crippen LogP contribution in [0.25, 0.3) is 0 Å². The number of nitrogen functional groups attached to an aromatic ring is 1. The molecule has 0 saturated heterocycles. The van der Waals surface area contributed by atoms with Crippen LogP contribution >= 0.6 is 11.3 Å². The van der Waals surface area contributed by atoms with Crippen LogP contribution in [0, 0.1) is 6.92 Å². The number of aryl methyl sites for hydroxylation is 1. The van der Waals surface area contributed by atoms with Crippen molar-refractivity contribution in [1.29, 1.82) is 0 Å². The van der Waals surface area contributed by atoms with E-state index in [1.165, 1.54) is 7.11 Å². The molecule has 2 rings (SSSR count). The smallest absolute Gasteiger partial charge is 0.337 e. The molecule has 1 aromatic heterocycles. The summed E-state index contributed by atoms with van der Waals surface area (Å²) in [5.41, 5.74) is 8.62. The number of anilines is 2. The Morgan fingerprint density at radius 2 is 2.32 bits per heavy atom. The topological polar surface area (TPSA) is 77.2 Å². The normalized spacial score (nSPS) is 10.2. The van der Waals surface area contributed by atoms with E-state index in [0.717, 1.165) is 10.7 Å². The molecule has 0 fully saturated rings. The zero-order valence-corrected chi connectivity index (χ0v) is 11.6. The Balaban J connectivity index is 2.12. The predicted molar refractivity (Wildman–Crippen MR) is 76.4 cm³/mol. The first-order valence-corrected chi connectivity index (χ1v) is 6.61. The van der Waals surface area contributed by atoms with E-state index in [4.69, 9.17) is 5.73 Å². The van der Waals surface area contributed by atoms with E-state index in [1.807, 2.05) is 12.3 Å². The van der Waals surface area contributed by atoms with Crippen molar-refractivity contribution in [2.45, 2.75) is 13.5 Å². The molecule has 0 atom stereocenters. The summed E-state index contributed by atoms with van der Waals surface area (Å²) >= 11 is 1.58. The van der Waals surface area contributed by atoms with Crippen molar-refractivity contribution in [2.75, 3.05) is 18.2 Å². The minimum Gasteiger partial charge on any atom is -0.465 e. The average Bonchev–Trinajstić information content (AvgIpc) is 2.82. The first kappa shape index (κ1) is 13.4. The number of methoxy groups -OCH3 is 1. The zero-order chi connectivity index (χ0) is 13.8. The van der Waals surface area contributed by atoms with Crippen LogP contribution in [0.2, 0.25) is 0 Å². The molecule has 5 nitrogen and oxygen atoms in total. The van der Waals surface area contributed by atoms with Gasteiger partial charge < -0.3 is 15.8 Å². The number of aromatic nitrogens is 1. The van der Waals surface area contributed by atoms with Gasteiger partial charge in [-0.1, -0.05) is 0 Å². The van der Waals surface area contributed by atoms with Crippen LogP contribution < -0.4 is 11.1 Å². The minimum atomic E-state index is -0.381. The van der Waals surface area contributed by atoms with Crippen molar-refractivity contribution >= 4 is 28.7 Å². The first-order valence-electron chi connectivity index (χ1n) is 5.73. The van der Waals surface area contributed by atoms with Gasteiger partial charge in [-0.2, -0.15) is 0 Å². The molecule has 100 valence electrons. The number of benzene rings is 1. The number of hydrogen-bond donors (Lipinski definition) is 2. The summed E-state index contributed by atoms with van der Waals surface area (Å²) in [6.45, 7) is 2.53. The molecular formula is C13H15N3O2S. The lowest BCUT2D eigenvalue weighted by Crippen LogP contribution is -2.06. The average molecular weight is 277 g/mol. The third-order valence-corrected chi connectivity index (χ3v) is 3.54. The van der Waals surface area contributed by atoms with Crippen LogP contribution in [0.1, 0.15) is 21.1 Å². The van der Waals surface area contributed by atoms with E-state index in [1.54, 1.807) is 29.5 Å². The van der Waals surface area contributed by atoms with E-state index >= 15 is 0 Å². The van der Waals surface area contributed by atoms with Crippen LogP contribution in [0.15, 0.2) is 23.6 Å². The Hall–Kier alpha value is -2.08. The van der Waals surface area contributed by atoms with Gasteiger partial charge in [0.25, 0.3) is 0 Å². The molecule has 19 heavy (non-hydrogen) atoms. The van der Waals surface area contributed by atoms with Gasteiger partial charge in [0, 0.05) is 11.1 Å². The Morgan fingerprint density at radius 1 is 1.53 bits per heavy atom. The number of ether oxygens (including phenoxy) is 1. The zero-order valence-electron chi connectivity index (χ0n) is 10.8. The summed E-state index contributed by atoms with van der Waals surface area (Å²) in [7, 11) is 1.35. The van der Waals surface area contributed by atoms with Gasteiger partial charge in [-0.25, -0.2) is 9.78 Å². The third kappa shape index (κ3) is 3.23. The maximum atomic E-state index is 11.5. The van der Waals surface area contributed by atoms with Gasteiger partial charge >= 0.3 is 5.97 Å². The highest BCUT2D eigenvalue weighted by atomic mass is 32.1. The van der Waals surface area contributed by atoms with Gasteiger partial charge in [0.2, 0.25) is 0 Å². The van der Waals surface area contributed by atoms with Crippen molar-refractivity contribution < 1.29 is 9.53 Å². The van der Waals surface area contributed by atoms with Crippen molar-refractivity contribution in [1.82, 2.24) is 4.98 Å². The summed E-state index contributed by atoms with van der Waals surface area (Å²) in [6.07, 6.45) is 0. The van der Waals surface area contributed by atoms with Crippen LogP contribution in [0.3, 0.4) is 0 Å². The highest BCUT2D eigenvalue weighted by Gasteiger charge is 2.08. The van der Waals surface area contributed by atoms with Gasteiger partial charge in [-0.15, -0.1) is 11.3 Å². The molecule has 3 N–H and O–H groups in total. The van der Waals surface area contributed by atoms with Crippen LogP contribution in [0.4, 0.5) is 11.4 Å². The monoisotopic (exact) mass is 277 g/mol. The highest BCUT2D eigenvalue weighted by molar-refractivity contribution is 7.09. The second-order valence-corrected chi connectivity index (χ2v) is 4.97. The number of carbonyl (C=O) groups excluding carboxylic acids is 1. The van der Waals surface area contributed by atoms with Crippen molar-refractivity contribution in [3.05, 3.63) is 39.8 Å². The third-order valence-electron chi connectivity index (χ3n) is 2.57. The fourth-order valence-corrected chi connectivity index (χ4v) is 2.32. The van der Waals surface area contributed by atoms with Crippen molar-refractivity contribution in [3.63, 3.8) is 0 Å². The summed E-state index contributed by atoms with van der Waals surface area (Å²) in [5, 5.41) is 6.14. The number of rotatable bonds is 4. The Morgan fingerprint density at radius 3 is 2.95 bits per heavy atom. The van der Waals surface area contributed by atoms with Crippen molar-refractivity contribution in [2.24, 2.45) is 0 Å². The largest absolute Gasteiger partial charge is 0.465 e. The molecule has 0 aliphatic rings. The lowest BCUT2D eigenvalue weighted by molar-refractivity contribution is 0.0601. The van der Waals surface area contributed by atoms with Gasteiger partial charge in [-0.3, -0.25) is 0 Å². The van der Waals surface area contributed by atoms with Gasteiger partial charge in [0.1, 0.15) is 5.01 Å². The standard InChI is InChI=1S/C13H15N3O2S/c1-8-7-19-12(16-8)6-15-11-5-9(13(17)18-2)3-4-10(11)14/h3-5,7,15H,6,14H2,1-2H3. The maximum absolute atomic E-state index is 11.5. The lowest BCUT2D eigenvalue weighted by atomic mass is 10.1. The second-order valence-electron chi connectivity index (χ2n) is 4.03. The Labute approximate surface area is 115 Å². The van der Waals surface area contributed by atoms with Crippen LogP contribution in [-0.4, -0.2) is 18.1 Å². The number of thiazole rings is 1. The minimum absolute atomic E-state index is 0.381.